The minimum Gasteiger partial charge on any atom is -0.362 e. The van der Waals surface area contributed by atoms with E-state index in [1.807, 2.05) is 11.0 Å². The summed E-state index contributed by atoms with van der Waals surface area (Å²) >= 11 is 0. The zero-order valence-electron chi connectivity index (χ0n) is 10.4. The summed E-state index contributed by atoms with van der Waals surface area (Å²) in [6.07, 6.45) is 0.848. The number of carbonyl (C=O) groups excluding carboxylic acids is 1. The van der Waals surface area contributed by atoms with E-state index in [0.29, 0.717) is 12.1 Å². The number of halogens is 1. The normalized spacial score (nSPS) is 18.2. The first-order valence-corrected chi connectivity index (χ1v) is 6.15. The maximum atomic E-state index is 13.8. The number of nitrogens with two attached hydrogens (primary N) is 1. The molecular weight excluding hydrogens is 233 g/mol. The van der Waals surface area contributed by atoms with Crippen molar-refractivity contribution < 1.29 is 9.18 Å². The molecule has 0 unspecified atom stereocenters. The molecule has 0 aliphatic carbocycles. The molecule has 18 heavy (non-hydrogen) atoms. The van der Waals surface area contributed by atoms with Gasteiger partial charge in [0.1, 0.15) is 5.82 Å². The molecule has 5 heteroatoms. The van der Waals surface area contributed by atoms with Crippen molar-refractivity contribution in [2.45, 2.75) is 19.4 Å². The molecule has 98 valence electrons. The molecule has 0 spiro atoms. The van der Waals surface area contributed by atoms with Gasteiger partial charge in [-0.1, -0.05) is 6.07 Å². The van der Waals surface area contributed by atoms with Crippen LogP contribution in [0, 0.1) is 5.82 Å². The van der Waals surface area contributed by atoms with Crippen LogP contribution < -0.4 is 16.0 Å². The largest absolute Gasteiger partial charge is 0.362 e. The van der Waals surface area contributed by atoms with Crippen LogP contribution in [0.5, 0.6) is 0 Å². The number of carbonyl (C=O) groups is 1. The number of rotatable bonds is 2. The molecule has 1 amide bonds. The van der Waals surface area contributed by atoms with Gasteiger partial charge < -0.3 is 16.0 Å². The van der Waals surface area contributed by atoms with Gasteiger partial charge >= 0.3 is 0 Å². The molecule has 0 radical (unpaired) electrons. The highest BCUT2D eigenvalue weighted by atomic mass is 19.1. The Labute approximate surface area is 106 Å². The smallest absolute Gasteiger partial charge is 0.239 e. The average Bonchev–Trinajstić information content (AvgIpc) is 2.53. The summed E-state index contributed by atoms with van der Waals surface area (Å²) in [6, 6.07) is 4.48. The molecule has 1 atom stereocenters. The Morgan fingerprint density at radius 3 is 3.00 bits per heavy atom. The Hall–Kier alpha value is -1.62. The van der Waals surface area contributed by atoms with Crippen LogP contribution >= 0.6 is 0 Å². The van der Waals surface area contributed by atoms with E-state index in [2.05, 4.69) is 5.32 Å². The van der Waals surface area contributed by atoms with E-state index in [1.165, 1.54) is 6.07 Å². The molecule has 1 aliphatic heterocycles. The number of hydrogen-bond donors (Lipinski definition) is 2. The summed E-state index contributed by atoms with van der Waals surface area (Å²) < 4.78 is 13.8. The molecule has 0 saturated carbocycles. The average molecular weight is 251 g/mol. The Balaban J connectivity index is 2.37. The van der Waals surface area contributed by atoms with Gasteiger partial charge in [0.2, 0.25) is 5.91 Å². The topological polar surface area (TPSA) is 58.4 Å². The van der Waals surface area contributed by atoms with Gasteiger partial charge in [-0.15, -0.1) is 0 Å². The first kappa shape index (κ1) is 12.8. The molecule has 3 N–H and O–H groups in total. The van der Waals surface area contributed by atoms with Crippen LogP contribution in [0.15, 0.2) is 18.2 Å². The number of anilines is 1. The number of nitrogens with zero attached hydrogens (tertiary/aromatic N) is 1. The number of amides is 1. The molecule has 0 aromatic heterocycles. The lowest BCUT2D eigenvalue weighted by molar-refractivity contribution is -0.119. The summed E-state index contributed by atoms with van der Waals surface area (Å²) in [5, 5.41) is 2.80. The third-order valence-electron chi connectivity index (χ3n) is 3.09. The van der Waals surface area contributed by atoms with Crippen LogP contribution in [-0.4, -0.2) is 25.5 Å². The van der Waals surface area contributed by atoms with Crippen molar-refractivity contribution in [2.75, 3.05) is 24.5 Å². The van der Waals surface area contributed by atoms with Crippen molar-refractivity contribution in [3.8, 4) is 0 Å². The Kier molecular flexibility index (Phi) is 3.81. The summed E-state index contributed by atoms with van der Waals surface area (Å²) in [4.78, 5) is 13.4. The van der Waals surface area contributed by atoms with Gasteiger partial charge in [0.25, 0.3) is 0 Å². The molecule has 0 bridgehead atoms. The Morgan fingerprint density at radius 1 is 1.50 bits per heavy atom. The highest BCUT2D eigenvalue weighted by Gasteiger charge is 2.20. The van der Waals surface area contributed by atoms with Crippen molar-refractivity contribution in [2.24, 2.45) is 5.73 Å². The third kappa shape index (κ3) is 2.61. The minimum atomic E-state index is -0.396. The highest BCUT2D eigenvalue weighted by Crippen LogP contribution is 2.28. The van der Waals surface area contributed by atoms with Crippen molar-refractivity contribution in [1.29, 1.82) is 0 Å². The monoisotopic (exact) mass is 251 g/mol. The van der Waals surface area contributed by atoms with E-state index in [-0.39, 0.29) is 18.3 Å². The van der Waals surface area contributed by atoms with Crippen molar-refractivity contribution in [3.05, 3.63) is 29.6 Å². The summed E-state index contributed by atoms with van der Waals surface area (Å²) in [5.41, 5.74) is 7.03. The molecule has 2 rings (SSSR count). The van der Waals surface area contributed by atoms with E-state index in [9.17, 15) is 9.18 Å². The van der Waals surface area contributed by atoms with Crippen LogP contribution in [0.4, 0.5) is 10.1 Å². The molecule has 1 heterocycles. The first-order chi connectivity index (χ1) is 8.59. The van der Waals surface area contributed by atoms with Crippen molar-refractivity contribution in [3.63, 3.8) is 0 Å². The summed E-state index contributed by atoms with van der Waals surface area (Å²) in [5.74, 6) is -0.348. The van der Waals surface area contributed by atoms with Crippen LogP contribution in [0.2, 0.25) is 0 Å². The van der Waals surface area contributed by atoms with E-state index in [1.54, 1.807) is 13.0 Å². The van der Waals surface area contributed by atoms with Gasteiger partial charge in [-0.05, 0) is 25.5 Å². The third-order valence-corrected chi connectivity index (χ3v) is 3.09. The second-order valence-corrected chi connectivity index (χ2v) is 4.59. The van der Waals surface area contributed by atoms with E-state index in [0.717, 1.165) is 18.7 Å². The van der Waals surface area contributed by atoms with E-state index in [4.69, 9.17) is 5.73 Å². The predicted molar refractivity (Wildman–Crippen MR) is 68.8 cm³/mol. The zero-order chi connectivity index (χ0) is 13.1. The first-order valence-electron chi connectivity index (χ1n) is 6.15. The lowest BCUT2D eigenvalue weighted by atomic mass is 10.0. The lowest BCUT2D eigenvalue weighted by Gasteiger charge is -2.25. The van der Waals surface area contributed by atoms with Crippen molar-refractivity contribution >= 4 is 11.6 Å². The van der Waals surface area contributed by atoms with Gasteiger partial charge in [-0.3, -0.25) is 4.79 Å². The van der Waals surface area contributed by atoms with E-state index < -0.39 is 6.04 Å². The van der Waals surface area contributed by atoms with E-state index >= 15 is 0 Å². The Bertz CT molecular complexity index is 448. The number of hydrogen-bond acceptors (Lipinski definition) is 3. The molecule has 1 aliphatic rings. The molecule has 1 aromatic rings. The lowest BCUT2D eigenvalue weighted by Crippen LogP contribution is -2.34. The second-order valence-electron chi connectivity index (χ2n) is 4.59. The highest BCUT2D eigenvalue weighted by molar-refractivity contribution is 5.82. The standard InChI is InChI=1S/C13H18FN3O/c1-9(15)13-10(14)4-2-5-11(13)17-7-3-6-16-12(18)8-17/h2,4-5,9H,3,6-8,15H2,1H3,(H,16,18)/t9-/m1/s1. The quantitative estimate of drug-likeness (QED) is 0.829. The molecule has 1 aromatic carbocycles. The molecular formula is C13H18FN3O. The fourth-order valence-corrected chi connectivity index (χ4v) is 2.26. The van der Waals surface area contributed by atoms with Gasteiger partial charge in [0.05, 0.1) is 6.54 Å². The Morgan fingerprint density at radius 2 is 2.28 bits per heavy atom. The molecule has 4 nitrogen and oxygen atoms in total. The summed E-state index contributed by atoms with van der Waals surface area (Å²) in [7, 11) is 0. The fraction of sp³-hybridized carbons (Fsp3) is 0.462. The van der Waals surface area contributed by atoms with Crippen molar-refractivity contribution in [1.82, 2.24) is 5.32 Å². The van der Waals surface area contributed by atoms with Gasteiger partial charge in [-0.2, -0.15) is 0 Å². The number of nitrogens with one attached hydrogen (secondary N) is 1. The maximum Gasteiger partial charge on any atom is 0.239 e. The number of benzene rings is 1. The van der Waals surface area contributed by atoms with Crippen LogP contribution in [-0.2, 0) is 4.79 Å². The SMILES string of the molecule is C[C@@H](N)c1c(F)cccc1N1CCCNC(=O)C1. The minimum absolute atomic E-state index is 0.0348. The second kappa shape index (κ2) is 5.35. The maximum absolute atomic E-state index is 13.8. The van der Waals surface area contributed by atoms with Crippen LogP contribution in [0.3, 0.4) is 0 Å². The zero-order valence-corrected chi connectivity index (χ0v) is 10.4. The molecule has 1 saturated heterocycles. The predicted octanol–water partition coefficient (Wildman–Crippen LogP) is 1.17. The van der Waals surface area contributed by atoms with Gasteiger partial charge in [-0.25, -0.2) is 4.39 Å². The van der Waals surface area contributed by atoms with Crippen LogP contribution in [0.25, 0.3) is 0 Å². The van der Waals surface area contributed by atoms with Gasteiger partial charge in [0.15, 0.2) is 0 Å². The fourth-order valence-electron chi connectivity index (χ4n) is 2.26. The van der Waals surface area contributed by atoms with Crippen LogP contribution in [0.1, 0.15) is 24.9 Å². The molecule has 1 fully saturated rings. The van der Waals surface area contributed by atoms with Gasteiger partial charge in [0, 0.05) is 30.4 Å². The summed E-state index contributed by atoms with van der Waals surface area (Å²) in [6.45, 7) is 3.39.